The summed E-state index contributed by atoms with van der Waals surface area (Å²) in [6.45, 7) is 0. The Morgan fingerprint density at radius 2 is 1.82 bits per heavy atom. The first-order valence-electron chi connectivity index (χ1n) is 6.59. The van der Waals surface area contributed by atoms with E-state index in [0.717, 1.165) is 11.1 Å². The number of hydrogen-bond acceptors (Lipinski definition) is 4. The van der Waals surface area contributed by atoms with Crippen molar-refractivity contribution in [2.45, 2.75) is 6.42 Å². The first kappa shape index (κ1) is 15.3. The first-order valence-corrected chi connectivity index (χ1v) is 6.59. The summed E-state index contributed by atoms with van der Waals surface area (Å²) in [5.41, 5.74) is 2.74. The smallest absolute Gasteiger partial charge is 0.337 e. The normalized spacial score (nSPS) is 9.64. The lowest BCUT2D eigenvalue weighted by atomic mass is 10.0. The zero-order valence-electron chi connectivity index (χ0n) is 12.0. The van der Waals surface area contributed by atoms with Gasteiger partial charge in [-0.3, -0.25) is 4.79 Å². The number of methoxy groups -OCH3 is 1. The Bertz CT molecular complexity index is 748. The van der Waals surface area contributed by atoms with Gasteiger partial charge in [0.1, 0.15) is 6.42 Å². The van der Waals surface area contributed by atoms with Gasteiger partial charge in [0.05, 0.1) is 18.7 Å². The molecule has 5 heteroatoms. The Morgan fingerprint density at radius 1 is 1.14 bits per heavy atom. The topological polar surface area (TPSA) is 79.2 Å². The molecule has 110 valence electrons. The van der Waals surface area contributed by atoms with Gasteiger partial charge in [-0.2, -0.15) is 5.26 Å². The number of nitriles is 1. The number of hydrogen-bond donors (Lipinski definition) is 1. The van der Waals surface area contributed by atoms with Crippen molar-refractivity contribution in [1.82, 2.24) is 0 Å². The van der Waals surface area contributed by atoms with Crippen LogP contribution in [0.2, 0.25) is 0 Å². The molecule has 2 aromatic rings. The molecule has 0 unspecified atom stereocenters. The van der Waals surface area contributed by atoms with Crippen LogP contribution in [0.4, 0.5) is 5.69 Å². The van der Waals surface area contributed by atoms with Gasteiger partial charge in [-0.15, -0.1) is 0 Å². The molecule has 0 radical (unpaired) electrons. The summed E-state index contributed by atoms with van der Waals surface area (Å²) >= 11 is 0. The van der Waals surface area contributed by atoms with Gasteiger partial charge >= 0.3 is 5.97 Å². The molecule has 0 saturated carbocycles. The molecule has 22 heavy (non-hydrogen) atoms. The standard InChI is InChI=1S/C17H14N2O3/c1-22-17(21)14-6-2-4-12(10-14)13-5-3-7-15(11-13)19-16(20)8-9-18/h2-7,10-11H,8H2,1H3,(H,19,20). The number of carbonyl (C=O) groups excluding carboxylic acids is 2. The summed E-state index contributed by atoms with van der Waals surface area (Å²) in [5, 5.41) is 11.1. The van der Waals surface area contributed by atoms with Gasteiger partial charge in [0, 0.05) is 5.69 Å². The molecule has 0 aliphatic rings. The molecule has 0 heterocycles. The van der Waals surface area contributed by atoms with E-state index in [9.17, 15) is 9.59 Å². The molecule has 0 fully saturated rings. The van der Waals surface area contributed by atoms with Crippen molar-refractivity contribution in [2.24, 2.45) is 0 Å². The second-order valence-electron chi connectivity index (χ2n) is 4.54. The van der Waals surface area contributed by atoms with Crippen LogP contribution in [0, 0.1) is 11.3 Å². The summed E-state index contributed by atoms with van der Waals surface area (Å²) in [6.07, 6.45) is -0.192. The number of amides is 1. The predicted molar refractivity (Wildman–Crippen MR) is 82.1 cm³/mol. The lowest BCUT2D eigenvalue weighted by molar-refractivity contribution is -0.115. The highest BCUT2D eigenvalue weighted by molar-refractivity contribution is 5.93. The van der Waals surface area contributed by atoms with Crippen LogP contribution in [0.15, 0.2) is 48.5 Å². The van der Waals surface area contributed by atoms with Gasteiger partial charge in [-0.25, -0.2) is 4.79 Å². The zero-order valence-corrected chi connectivity index (χ0v) is 12.0. The van der Waals surface area contributed by atoms with Crippen LogP contribution in [0.25, 0.3) is 11.1 Å². The molecule has 0 saturated heterocycles. The first-order chi connectivity index (χ1) is 10.6. The third kappa shape index (κ3) is 3.70. The van der Waals surface area contributed by atoms with Crippen LogP contribution in [0.1, 0.15) is 16.8 Å². The maximum atomic E-state index is 11.6. The highest BCUT2D eigenvalue weighted by Gasteiger charge is 2.08. The fourth-order valence-electron chi connectivity index (χ4n) is 2.00. The third-order valence-electron chi connectivity index (χ3n) is 3.00. The Morgan fingerprint density at radius 3 is 2.50 bits per heavy atom. The van der Waals surface area contributed by atoms with Crippen LogP contribution in [-0.2, 0) is 9.53 Å². The van der Waals surface area contributed by atoms with E-state index in [1.807, 2.05) is 12.1 Å². The maximum absolute atomic E-state index is 11.6. The molecular weight excluding hydrogens is 280 g/mol. The SMILES string of the molecule is COC(=O)c1cccc(-c2cccc(NC(=O)CC#N)c2)c1. The molecule has 0 aliphatic carbocycles. The van der Waals surface area contributed by atoms with Crippen LogP contribution >= 0.6 is 0 Å². The number of nitrogens with one attached hydrogen (secondary N) is 1. The van der Waals surface area contributed by atoms with E-state index in [-0.39, 0.29) is 12.3 Å². The van der Waals surface area contributed by atoms with Gasteiger partial charge in [-0.05, 0) is 35.4 Å². The van der Waals surface area contributed by atoms with Crippen LogP contribution < -0.4 is 5.32 Å². The van der Waals surface area contributed by atoms with Gasteiger partial charge in [0.2, 0.25) is 5.91 Å². The number of carbonyl (C=O) groups is 2. The molecule has 0 bridgehead atoms. The van der Waals surface area contributed by atoms with E-state index in [2.05, 4.69) is 5.32 Å². The molecule has 1 N–H and O–H groups in total. The minimum Gasteiger partial charge on any atom is -0.465 e. The highest BCUT2D eigenvalue weighted by Crippen LogP contribution is 2.24. The average Bonchev–Trinajstić information content (AvgIpc) is 2.54. The summed E-state index contributed by atoms with van der Waals surface area (Å²) in [4.78, 5) is 23.0. The summed E-state index contributed by atoms with van der Waals surface area (Å²) in [6, 6.07) is 16.0. The van der Waals surface area contributed by atoms with Crippen molar-refractivity contribution in [3.05, 3.63) is 54.1 Å². The van der Waals surface area contributed by atoms with E-state index in [4.69, 9.17) is 10.00 Å². The molecule has 2 aromatic carbocycles. The van der Waals surface area contributed by atoms with Crippen LogP contribution in [-0.4, -0.2) is 19.0 Å². The molecule has 0 aliphatic heterocycles. The predicted octanol–water partition coefficient (Wildman–Crippen LogP) is 2.99. The number of anilines is 1. The number of rotatable bonds is 4. The van der Waals surface area contributed by atoms with Crippen molar-refractivity contribution >= 4 is 17.6 Å². The van der Waals surface area contributed by atoms with Crippen LogP contribution in [0.5, 0.6) is 0 Å². The third-order valence-corrected chi connectivity index (χ3v) is 3.00. The minimum atomic E-state index is -0.402. The monoisotopic (exact) mass is 294 g/mol. The molecule has 0 aromatic heterocycles. The Hall–Kier alpha value is -3.13. The number of nitrogens with zero attached hydrogens (tertiary/aromatic N) is 1. The van der Waals surface area contributed by atoms with Crippen molar-refractivity contribution in [1.29, 1.82) is 5.26 Å². The maximum Gasteiger partial charge on any atom is 0.337 e. The number of esters is 1. The van der Waals surface area contributed by atoms with E-state index in [0.29, 0.717) is 11.3 Å². The average molecular weight is 294 g/mol. The largest absolute Gasteiger partial charge is 0.465 e. The van der Waals surface area contributed by atoms with Gasteiger partial charge in [0.25, 0.3) is 0 Å². The fourth-order valence-corrected chi connectivity index (χ4v) is 2.00. The van der Waals surface area contributed by atoms with Crippen molar-refractivity contribution in [3.63, 3.8) is 0 Å². The fraction of sp³-hybridized carbons (Fsp3) is 0.118. The van der Waals surface area contributed by atoms with E-state index in [1.165, 1.54) is 7.11 Å². The highest BCUT2D eigenvalue weighted by atomic mass is 16.5. The van der Waals surface area contributed by atoms with Crippen molar-refractivity contribution < 1.29 is 14.3 Å². The quantitative estimate of drug-likeness (QED) is 0.879. The number of ether oxygens (including phenoxy) is 1. The zero-order chi connectivity index (χ0) is 15.9. The molecular formula is C17H14N2O3. The minimum absolute atomic E-state index is 0.192. The summed E-state index contributed by atoms with van der Waals surface area (Å²) in [5.74, 6) is -0.761. The van der Waals surface area contributed by atoms with E-state index < -0.39 is 5.97 Å². The molecule has 2 rings (SSSR count). The Kier molecular flexibility index (Phi) is 4.89. The van der Waals surface area contributed by atoms with Gasteiger partial charge in [0.15, 0.2) is 0 Å². The van der Waals surface area contributed by atoms with Crippen molar-refractivity contribution in [3.8, 4) is 17.2 Å². The second kappa shape index (κ2) is 7.04. The molecule has 0 atom stereocenters. The molecule has 5 nitrogen and oxygen atoms in total. The van der Waals surface area contributed by atoms with Crippen molar-refractivity contribution in [2.75, 3.05) is 12.4 Å². The van der Waals surface area contributed by atoms with Crippen LogP contribution in [0.3, 0.4) is 0 Å². The molecule has 0 spiro atoms. The van der Waals surface area contributed by atoms with E-state index in [1.54, 1.807) is 42.5 Å². The lowest BCUT2D eigenvalue weighted by Crippen LogP contribution is -2.09. The summed E-state index contributed by atoms with van der Waals surface area (Å²) in [7, 11) is 1.33. The number of benzene rings is 2. The Labute approximate surface area is 128 Å². The Balaban J connectivity index is 2.28. The van der Waals surface area contributed by atoms with E-state index >= 15 is 0 Å². The molecule has 1 amide bonds. The van der Waals surface area contributed by atoms with Gasteiger partial charge < -0.3 is 10.1 Å². The summed E-state index contributed by atoms with van der Waals surface area (Å²) < 4.78 is 4.70. The second-order valence-corrected chi connectivity index (χ2v) is 4.54. The lowest BCUT2D eigenvalue weighted by Gasteiger charge is -2.07. The van der Waals surface area contributed by atoms with Gasteiger partial charge in [-0.1, -0.05) is 24.3 Å².